The van der Waals surface area contributed by atoms with E-state index in [1.165, 1.54) is 12.8 Å². The fraction of sp³-hybridized carbons (Fsp3) is 0.800. The molecular weight excluding hydrogens is 224 g/mol. The Labute approximate surface area is 99.0 Å². The van der Waals surface area contributed by atoms with Gasteiger partial charge in [-0.1, -0.05) is 18.7 Å². The molecule has 0 amide bonds. The van der Waals surface area contributed by atoms with E-state index in [9.17, 15) is 4.79 Å². The van der Waals surface area contributed by atoms with Gasteiger partial charge in [0.15, 0.2) is 5.16 Å². The summed E-state index contributed by atoms with van der Waals surface area (Å²) in [6, 6.07) is 0.576. The van der Waals surface area contributed by atoms with E-state index in [0.717, 1.165) is 30.4 Å². The maximum Gasteiger partial charge on any atom is 0.343 e. The van der Waals surface area contributed by atoms with Gasteiger partial charge >= 0.3 is 5.69 Å². The molecule has 1 saturated heterocycles. The van der Waals surface area contributed by atoms with Crippen LogP contribution in [0.2, 0.25) is 0 Å². The zero-order valence-corrected chi connectivity index (χ0v) is 10.3. The molecule has 1 aliphatic heterocycles. The zero-order chi connectivity index (χ0) is 11.4. The fourth-order valence-corrected chi connectivity index (χ4v) is 2.98. The second kappa shape index (κ2) is 5.54. The molecule has 1 aromatic rings. The summed E-state index contributed by atoms with van der Waals surface area (Å²) in [5, 5.41) is 10.8. The summed E-state index contributed by atoms with van der Waals surface area (Å²) >= 11 is 1.66. The Morgan fingerprint density at radius 2 is 2.50 bits per heavy atom. The van der Waals surface area contributed by atoms with E-state index in [1.807, 2.05) is 0 Å². The minimum absolute atomic E-state index is 0.0938. The van der Waals surface area contributed by atoms with E-state index in [1.54, 1.807) is 16.3 Å². The molecule has 2 N–H and O–H groups in total. The van der Waals surface area contributed by atoms with Crippen molar-refractivity contribution in [2.75, 3.05) is 12.3 Å². The van der Waals surface area contributed by atoms with Crippen molar-refractivity contribution >= 4 is 11.8 Å². The summed E-state index contributed by atoms with van der Waals surface area (Å²) < 4.78 is 1.72. The number of hydrogen-bond donors (Lipinski definition) is 2. The van der Waals surface area contributed by atoms with Gasteiger partial charge in [-0.05, 0) is 25.8 Å². The molecule has 1 aliphatic rings. The van der Waals surface area contributed by atoms with Crippen molar-refractivity contribution in [1.29, 1.82) is 0 Å². The molecule has 0 aromatic carbocycles. The molecule has 1 atom stereocenters. The maximum atomic E-state index is 11.4. The Hall–Kier alpha value is -0.750. The third-order valence-corrected chi connectivity index (χ3v) is 3.89. The first-order valence-electron chi connectivity index (χ1n) is 5.82. The van der Waals surface area contributed by atoms with Crippen molar-refractivity contribution in [3.05, 3.63) is 10.5 Å². The third-order valence-electron chi connectivity index (χ3n) is 2.75. The summed E-state index contributed by atoms with van der Waals surface area (Å²) in [4.78, 5) is 11.4. The first kappa shape index (κ1) is 11.7. The molecule has 1 aromatic heterocycles. The second-order valence-electron chi connectivity index (χ2n) is 4.07. The molecule has 0 radical (unpaired) electrons. The number of hydrogen-bond acceptors (Lipinski definition) is 4. The fourth-order valence-electron chi connectivity index (χ4n) is 1.91. The molecule has 0 unspecified atom stereocenters. The third kappa shape index (κ3) is 2.68. The van der Waals surface area contributed by atoms with Crippen LogP contribution in [-0.2, 0) is 6.54 Å². The minimum atomic E-state index is -0.0938. The molecular formula is C10H18N4OS. The number of nitrogens with zero attached hydrogens (tertiary/aromatic N) is 2. The standard InChI is InChI=1S/C10H18N4OS/c1-2-6-14-9(15)12-13-10(14)16-7-8-4-3-5-11-8/h8,11H,2-7H2,1H3,(H,12,15)/t8-/m1/s1. The van der Waals surface area contributed by atoms with E-state index in [4.69, 9.17) is 0 Å². The number of aromatic nitrogens is 3. The van der Waals surface area contributed by atoms with Crippen molar-refractivity contribution < 1.29 is 0 Å². The molecule has 6 heteroatoms. The van der Waals surface area contributed by atoms with E-state index in [2.05, 4.69) is 22.4 Å². The smallest absolute Gasteiger partial charge is 0.313 e. The molecule has 0 aliphatic carbocycles. The molecule has 2 heterocycles. The summed E-state index contributed by atoms with van der Waals surface area (Å²) in [6.45, 7) is 3.93. The SMILES string of the molecule is CCCn1c(SC[C@H]2CCCN2)n[nH]c1=O. The Bertz CT molecular complexity index is 380. The van der Waals surface area contributed by atoms with Gasteiger partial charge in [-0.3, -0.25) is 4.57 Å². The van der Waals surface area contributed by atoms with Gasteiger partial charge in [-0.15, -0.1) is 5.10 Å². The number of H-pyrrole nitrogens is 1. The van der Waals surface area contributed by atoms with E-state index < -0.39 is 0 Å². The Morgan fingerprint density at radius 1 is 1.62 bits per heavy atom. The van der Waals surface area contributed by atoms with Crippen LogP contribution in [0.4, 0.5) is 0 Å². The summed E-state index contributed by atoms with van der Waals surface area (Å²) in [6.07, 6.45) is 3.44. The lowest BCUT2D eigenvalue weighted by atomic mass is 10.3. The molecule has 1 fully saturated rings. The zero-order valence-electron chi connectivity index (χ0n) is 9.53. The van der Waals surface area contributed by atoms with E-state index in [0.29, 0.717) is 6.04 Å². The van der Waals surface area contributed by atoms with Crippen molar-refractivity contribution in [3.63, 3.8) is 0 Å². The van der Waals surface area contributed by atoms with Crippen LogP contribution < -0.4 is 11.0 Å². The highest BCUT2D eigenvalue weighted by atomic mass is 32.2. The van der Waals surface area contributed by atoms with E-state index >= 15 is 0 Å². The van der Waals surface area contributed by atoms with Gasteiger partial charge in [0.2, 0.25) is 0 Å². The molecule has 90 valence electrons. The number of rotatable bonds is 5. The highest BCUT2D eigenvalue weighted by molar-refractivity contribution is 7.99. The predicted molar refractivity (Wildman–Crippen MR) is 64.9 cm³/mol. The van der Waals surface area contributed by atoms with Crippen LogP contribution in [-0.4, -0.2) is 33.1 Å². The van der Waals surface area contributed by atoms with Crippen LogP contribution in [0.5, 0.6) is 0 Å². The Balaban J connectivity index is 1.95. The Morgan fingerprint density at radius 3 is 3.19 bits per heavy atom. The van der Waals surface area contributed by atoms with Gasteiger partial charge in [-0.2, -0.15) is 0 Å². The number of aromatic amines is 1. The number of thioether (sulfide) groups is 1. The Kier molecular flexibility index (Phi) is 4.06. The van der Waals surface area contributed by atoms with Crippen LogP contribution >= 0.6 is 11.8 Å². The highest BCUT2D eigenvalue weighted by Gasteiger charge is 2.16. The van der Waals surface area contributed by atoms with Crippen molar-refractivity contribution in [1.82, 2.24) is 20.1 Å². The number of nitrogens with one attached hydrogen (secondary N) is 2. The van der Waals surface area contributed by atoms with Gasteiger partial charge in [0.25, 0.3) is 0 Å². The van der Waals surface area contributed by atoms with E-state index in [-0.39, 0.29) is 5.69 Å². The lowest BCUT2D eigenvalue weighted by Crippen LogP contribution is -2.24. The first-order valence-corrected chi connectivity index (χ1v) is 6.81. The van der Waals surface area contributed by atoms with Crippen molar-refractivity contribution in [3.8, 4) is 0 Å². The molecule has 16 heavy (non-hydrogen) atoms. The van der Waals surface area contributed by atoms with Crippen molar-refractivity contribution in [2.45, 2.75) is 43.9 Å². The van der Waals surface area contributed by atoms with Gasteiger partial charge < -0.3 is 5.32 Å². The average Bonchev–Trinajstić information content (AvgIpc) is 2.89. The first-order chi connectivity index (χ1) is 7.81. The van der Waals surface area contributed by atoms with Crippen LogP contribution in [0.1, 0.15) is 26.2 Å². The second-order valence-corrected chi connectivity index (χ2v) is 5.05. The normalized spacial score (nSPS) is 20.4. The predicted octanol–water partition coefficient (Wildman–Crippen LogP) is 0.825. The van der Waals surface area contributed by atoms with Crippen molar-refractivity contribution in [2.24, 2.45) is 0 Å². The topological polar surface area (TPSA) is 62.7 Å². The minimum Gasteiger partial charge on any atom is -0.313 e. The van der Waals surface area contributed by atoms with Crippen LogP contribution in [0, 0.1) is 0 Å². The molecule has 0 bridgehead atoms. The quantitative estimate of drug-likeness (QED) is 0.751. The maximum absolute atomic E-state index is 11.4. The summed E-state index contributed by atoms with van der Waals surface area (Å²) in [5.41, 5.74) is -0.0938. The highest BCUT2D eigenvalue weighted by Crippen LogP contribution is 2.18. The summed E-state index contributed by atoms with van der Waals surface area (Å²) in [5.74, 6) is 0.994. The largest absolute Gasteiger partial charge is 0.343 e. The van der Waals surface area contributed by atoms with Gasteiger partial charge in [0, 0.05) is 18.3 Å². The van der Waals surface area contributed by atoms with Gasteiger partial charge in [-0.25, -0.2) is 9.89 Å². The lowest BCUT2D eigenvalue weighted by Gasteiger charge is -2.09. The molecule has 0 spiro atoms. The van der Waals surface area contributed by atoms with Gasteiger partial charge in [0.05, 0.1) is 0 Å². The lowest BCUT2D eigenvalue weighted by molar-refractivity contribution is 0.601. The average molecular weight is 242 g/mol. The summed E-state index contributed by atoms with van der Waals surface area (Å²) in [7, 11) is 0. The van der Waals surface area contributed by atoms with Gasteiger partial charge in [0.1, 0.15) is 0 Å². The molecule has 5 nitrogen and oxygen atoms in total. The molecule has 0 saturated carbocycles. The van der Waals surface area contributed by atoms with Crippen LogP contribution in [0.15, 0.2) is 9.95 Å². The molecule has 2 rings (SSSR count). The van der Waals surface area contributed by atoms with Crippen LogP contribution in [0.3, 0.4) is 0 Å². The van der Waals surface area contributed by atoms with Crippen LogP contribution in [0.25, 0.3) is 0 Å². The monoisotopic (exact) mass is 242 g/mol.